The second-order valence-corrected chi connectivity index (χ2v) is 12.6. The number of aliphatic hydroxyl groups is 1. The molecule has 2 aromatic carbocycles. The maximum Gasteiger partial charge on any atom is 0.320 e. The zero-order chi connectivity index (χ0) is 25.4. The van der Waals surface area contributed by atoms with Crippen LogP contribution in [0.4, 0.5) is 5.00 Å². The molecule has 4 rings (SSSR count). The number of sulfone groups is 1. The number of likely N-dealkylation sites (tertiary alicyclic amines) is 1. The molecule has 0 radical (unpaired) electrons. The number of rotatable bonds is 6. The zero-order valence-electron chi connectivity index (χ0n) is 20.2. The molecule has 1 saturated heterocycles. The van der Waals surface area contributed by atoms with Crippen LogP contribution in [0.2, 0.25) is 5.02 Å². The van der Waals surface area contributed by atoms with Gasteiger partial charge in [0.15, 0.2) is 14.6 Å². The van der Waals surface area contributed by atoms with Gasteiger partial charge in [0.1, 0.15) is 5.69 Å². The Morgan fingerprint density at radius 1 is 1.17 bits per heavy atom. The molecule has 1 N–H and O–H groups in total. The van der Waals surface area contributed by atoms with Crippen LogP contribution in [0.25, 0.3) is 10.8 Å². The van der Waals surface area contributed by atoms with Gasteiger partial charge in [0.2, 0.25) is 5.00 Å². The molecule has 0 bridgehead atoms. The second kappa shape index (κ2) is 10.1. The van der Waals surface area contributed by atoms with Crippen LogP contribution in [0.15, 0.2) is 46.3 Å². The summed E-state index contributed by atoms with van der Waals surface area (Å²) in [4.78, 5) is 19.0. The van der Waals surface area contributed by atoms with Gasteiger partial charge in [0, 0.05) is 19.1 Å². The van der Waals surface area contributed by atoms with Gasteiger partial charge in [0.25, 0.3) is 0 Å². The Bertz CT molecular complexity index is 1430. The minimum absolute atomic E-state index is 0.0694. The van der Waals surface area contributed by atoms with Gasteiger partial charge in [-0.25, -0.2) is 17.7 Å². The van der Waals surface area contributed by atoms with Gasteiger partial charge in [0.05, 0.1) is 36.3 Å². The topological polar surface area (TPSA) is 88.7 Å². The summed E-state index contributed by atoms with van der Waals surface area (Å²) >= 11 is 7.45. The summed E-state index contributed by atoms with van der Waals surface area (Å²) in [6.07, 6.45) is 1.89. The molecule has 188 valence electrons. The Kier molecular flexibility index (Phi) is 7.54. The van der Waals surface area contributed by atoms with Crippen molar-refractivity contribution in [3.8, 4) is 0 Å². The van der Waals surface area contributed by atoms with Gasteiger partial charge in [-0.1, -0.05) is 23.7 Å². The van der Waals surface area contributed by atoms with E-state index in [1.165, 1.54) is 11.3 Å². The van der Waals surface area contributed by atoms with Gasteiger partial charge in [-0.3, -0.25) is 4.99 Å². The first-order valence-electron chi connectivity index (χ1n) is 11.7. The molecule has 3 aromatic rings. The van der Waals surface area contributed by atoms with Crippen LogP contribution in [0.1, 0.15) is 44.4 Å². The number of quaternary nitrogens is 1. The van der Waals surface area contributed by atoms with Gasteiger partial charge in [-0.2, -0.15) is 0 Å². The number of amides is 1. The van der Waals surface area contributed by atoms with Crippen molar-refractivity contribution in [3.05, 3.63) is 51.9 Å². The number of halogens is 1. The molecule has 1 unspecified atom stereocenters. The van der Waals surface area contributed by atoms with Crippen LogP contribution in [0, 0.1) is 0 Å². The number of aliphatic hydroxyl groups excluding tert-OH is 1. The highest BCUT2D eigenvalue weighted by Gasteiger charge is 2.45. The van der Waals surface area contributed by atoms with E-state index >= 15 is 0 Å². The average molecular weight is 537 g/mol. The summed E-state index contributed by atoms with van der Waals surface area (Å²) in [6, 6.07) is 10.3. The lowest BCUT2D eigenvalue weighted by Gasteiger charge is -2.38. The number of carbonyl (C=O) groups is 1. The Balaban J connectivity index is 1.66. The quantitative estimate of drug-likeness (QED) is 0.474. The van der Waals surface area contributed by atoms with E-state index in [0.29, 0.717) is 23.8 Å². The smallest absolute Gasteiger partial charge is 0.320 e. The Hall–Kier alpha value is -2.04. The van der Waals surface area contributed by atoms with E-state index < -0.39 is 15.9 Å². The molecule has 10 heteroatoms. The molecule has 0 saturated carbocycles. The first kappa shape index (κ1) is 26.0. The van der Waals surface area contributed by atoms with E-state index in [2.05, 4.69) is 4.99 Å². The van der Waals surface area contributed by atoms with Crippen LogP contribution in [0.5, 0.6) is 0 Å². The van der Waals surface area contributed by atoms with Crippen molar-refractivity contribution in [3.63, 3.8) is 0 Å². The lowest BCUT2D eigenvalue weighted by molar-refractivity contribution is -0.130. The summed E-state index contributed by atoms with van der Waals surface area (Å²) in [5.74, 6) is -0.399. The van der Waals surface area contributed by atoms with Crippen LogP contribution in [-0.2, 0) is 21.7 Å². The Morgan fingerprint density at radius 2 is 1.83 bits per heavy atom. The number of carbonyl (C=O) groups excluding carboxylic acids is 1. The van der Waals surface area contributed by atoms with Crippen molar-refractivity contribution >= 4 is 54.5 Å². The number of hydrogen-bond acceptors (Lipinski definition) is 6. The molecule has 7 nitrogen and oxygen atoms in total. The van der Waals surface area contributed by atoms with E-state index in [1.807, 2.05) is 11.6 Å². The molecule has 0 aliphatic carbocycles. The van der Waals surface area contributed by atoms with E-state index in [4.69, 9.17) is 11.6 Å². The fourth-order valence-corrected chi connectivity index (χ4v) is 7.79. The standard InChI is InChI=1S/C25H31ClN3O4S2/c1-17(30)23-24(34-25(27-2)28(23)3)29(12-5-4-6-13-29)22(31)11-14-35(32,33)21-10-8-18-15-20(26)9-7-19(18)16-21/h7-10,15-17,30H,4-6,11-14H2,1-3H3/q+1. The van der Waals surface area contributed by atoms with Gasteiger partial charge in [-0.15, -0.1) is 0 Å². The van der Waals surface area contributed by atoms with Crippen LogP contribution in [-0.4, -0.2) is 49.9 Å². The number of aromatic nitrogens is 1. The monoisotopic (exact) mass is 536 g/mol. The number of thiazole rings is 1. The molecule has 1 aliphatic heterocycles. The third kappa shape index (κ3) is 4.97. The third-order valence-electron chi connectivity index (χ3n) is 6.81. The normalized spacial score (nSPS) is 17.6. The van der Waals surface area contributed by atoms with Crippen molar-refractivity contribution in [2.24, 2.45) is 12.0 Å². The molecule has 0 spiro atoms. The summed E-state index contributed by atoms with van der Waals surface area (Å²) in [5.41, 5.74) is 0.668. The first-order valence-corrected chi connectivity index (χ1v) is 14.6. The van der Waals surface area contributed by atoms with Crippen molar-refractivity contribution in [1.82, 2.24) is 9.05 Å². The lowest BCUT2D eigenvalue weighted by Crippen LogP contribution is -2.57. The molecule has 1 amide bonds. The van der Waals surface area contributed by atoms with E-state index in [1.54, 1.807) is 50.4 Å². The van der Waals surface area contributed by atoms with Gasteiger partial charge in [-0.05, 0) is 72.6 Å². The number of hydrogen-bond donors (Lipinski definition) is 1. The molecular formula is C25H31ClN3O4S2+. The van der Waals surface area contributed by atoms with E-state index in [0.717, 1.165) is 39.8 Å². The van der Waals surface area contributed by atoms with Crippen molar-refractivity contribution in [1.29, 1.82) is 0 Å². The predicted octanol–water partition coefficient (Wildman–Crippen LogP) is 4.36. The average Bonchev–Trinajstić information content (AvgIpc) is 3.19. The minimum atomic E-state index is -3.67. The first-order chi connectivity index (χ1) is 16.6. The number of benzene rings is 2. The SMILES string of the molecule is CN=c1sc([N+]2(C(=O)CCS(=O)(=O)c3ccc4cc(Cl)ccc4c3)CCCCC2)c(C(C)O)n1C. The highest BCUT2D eigenvalue weighted by molar-refractivity contribution is 7.91. The van der Waals surface area contributed by atoms with Crippen molar-refractivity contribution < 1.29 is 18.3 Å². The molecule has 2 heterocycles. The molecule has 1 atom stereocenters. The Morgan fingerprint density at radius 3 is 2.49 bits per heavy atom. The highest BCUT2D eigenvalue weighted by Crippen LogP contribution is 2.38. The lowest BCUT2D eigenvalue weighted by atomic mass is 10.1. The molecule has 35 heavy (non-hydrogen) atoms. The fourth-order valence-electron chi connectivity index (χ4n) is 4.97. The summed E-state index contributed by atoms with van der Waals surface area (Å²) in [5, 5.41) is 13.6. The predicted molar refractivity (Wildman–Crippen MR) is 141 cm³/mol. The Labute approximate surface area is 214 Å². The molecule has 1 aliphatic rings. The van der Waals surface area contributed by atoms with Crippen molar-refractivity contribution in [2.75, 3.05) is 25.9 Å². The number of piperidine rings is 1. The summed E-state index contributed by atoms with van der Waals surface area (Å²) in [6.45, 7) is 2.88. The minimum Gasteiger partial charge on any atom is -0.387 e. The second-order valence-electron chi connectivity index (χ2n) is 9.13. The number of fused-ring (bicyclic) bond motifs is 1. The molecule has 1 fully saturated rings. The maximum absolute atomic E-state index is 13.8. The third-order valence-corrected chi connectivity index (χ3v) is 10.1. The summed E-state index contributed by atoms with van der Waals surface area (Å²) < 4.78 is 28.3. The van der Waals surface area contributed by atoms with Crippen LogP contribution < -0.4 is 9.28 Å². The zero-order valence-corrected chi connectivity index (χ0v) is 22.6. The maximum atomic E-state index is 13.8. The highest BCUT2D eigenvalue weighted by atomic mass is 35.5. The summed E-state index contributed by atoms with van der Waals surface area (Å²) in [7, 11) is -0.144. The van der Waals surface area contributed by atoms with E-state index in [9.17, 15) is 18.3 Å². The van der Waals surface area contributed by atoms with Crippen molar-refractivity contribution in [2.45, 2.75) is 43.6 Å². The number of nitrogens with zero attached hydrogens (tertiary/aromatic N) is 3. The molecule has 1 aromatic heterocycles. The largest absolute Gasteiger partial charge is 0.387 e. The van der Waals surface area contributed by atoms with Gasteiger partial charge < -0.3 is 9.67 Å². The van der Waals surface area contributed by atoms with Crippen LogP contribution >= 0.6 is 22.9 Å². The fraction of sp³-hybridized carbons (Fsp3) is 0.440. The van der Waals surface area contributed by atoms with Gasteiger partial charge >= 0.3 is 5.91 Å². The van der Waals surface area contributed by atoms with E-state index in [-0.39, 0.29) is 27.5 Å². The molecular weight excluding hydrogens is 506 g/mol. The van der Waals surface area contributed by atoms with Crippen LogP contribution in [0.3, 0.4) is 0 Å².